The van der Waals surface area contributed by atoms with Crippen molar-refractivity contribution >= 4 is 35.0 Å². The summed E-state index contributed by atoms with van der Waals surface area (Å²) < 4.78 is 0. The minimum absolute atomic E-state index is 0. The number of aliphatic carboxylic acids is 3. The summed E-state index contributed by atoms with van der Waals surface area (Å²) in [6.45, 7) is 0. The average molecular weight is 374 g/mol. The van der Waals surface area contributed by atoms with E-state index in [4.69, 9.17) is 26.0 Å². The Morgan fingerprint density at radius 2 is 1.10 bits per heavy atom. The Labute approximate surface area is 167 Å². The van der Waals surface area contributed by atoms with Crippen LogP contribution in [0, 0.1) is 34.0 Å². The van der Waals surface area contributed by atoms with E-state index in [1.165, 1.54) is 18.2 Å². The Bertz CT molecular complexity index is 348. The van der Waals surface area contributed by atoms with E-state index in [0.717, 1.165) is 0 Å². The van der Waals surface area contributed by atoms with Crippen LogP contribution < -0.4 is 56.5 Å². The van der Waals surface area contributed by atoms with E-state index in [1.54, 1.807) is 0 Å². The summed E-state index contributed by atoms with van der Waals surface area (Å²) in [6, 6.07) is 4.34. The fraction of sp³-hybridized carbons (Fsp3) is 0.333. The van der Waals surface area contributed by atoms with E-state index in [0.29, 0.717) is 0 Å². The van der Waals surface area contributed by atoms with Crippen molar-refractivity contribution in [1.29, 1.82) is 15.8 Å². The Balaban J connectivity index is -0.0000000536. The molecule has 20 heavy (non-hydrogen) atoms. The Kier molecular flexibility index (Phi) is 41.8. The molecule has 0 saturated carbocycles. The van der Waals surface area contributed by atoms with Gasteiger partial charge in [0.25, 0.3) is 0 Å². The van der Waals surface area contributed by atoms with Gasteiger partial charge in [-0.2, -0.15) is 15.8 Å². The number of hydrogen-bond donors (Lipinski definition) is 2. The van der Waals surface area contributed by atoms with Gasteiger partial charge in [-0.1, -0.05) is 0 Å². The van der Waals surface area contributed by atoms with Crippen LogP contribution in [0.4, 0.5) is 0 Å². The Morgan fingerprint density at radius 3 is 1.10 bits per heavy atom. The molecule has 0 aliphatic rings. The molecular formula is C9H10KN3O6Se. The SMILES string of the molecule is N#CCC(=O)O.N#CCC(=O)O.N#CCC(=O)[O-].[K+].[SeH2]. The second-order valence-electron chi connectivity index (χ2n) is 2.16. The first-order valence-electron chi connectivity index (χ1n) is 4.06. The molecule has 0 aromatic rings. The van der Waals surface area contributed by atoms with Crippen molar-refractivity contribution in [1.82, 2.24) is 0 Å². The monoisotopic (exact) mass is 375 g/mol. The number of hydrogen-bond acceptors (Lipinski definition) is 7. The van der Waals surface area contributed by atoms with Crippen molar-refractivity contribution in [3.63, 3.8) is 0 Å². The van der Waals surface area contributed by atoms with E-state index in [2.05, 4.69) is 0 Å². The van der Waals surface area contributed by atoms with Crippen molar-refractivity contribution in [2.75, 3.05) is 0 Å². The first-order chi connectivity index (χ1) is 8.31. The zero-order valence-electron chi connectivity index (χ0n) is 10.5. The number of carbonyl (C=O) groups is 3. The molecule has 0 atom stereocenters. The van der Waals surface area contributed by atoms with E-state index in [9.17, 15) is 19.5 Å². The average Bonchev–Trinajstić information content (AvgIpc) is 2.18. The van der Waals surface area contributed by atoms with E-state index >= 15 is 0 Å². The molecular weight excluding hydrogens is 364 g/mol. The van der Waals surface area contributed by atoms with Crippen LogP contribution in [0.3, 0.4) is 0 Å². The van der Waals surface area contributed by atoms with Gasteiger partial charge in [-0.3, -0.25) is 9.59 Å². The maximum atomic E-state index is 9.38. The topological polar surface area (TPSA) is 186 Å². The van der Waals surface area contributed by atoms with Gasteiger partial charge in [-0.15, -0.1) is 0 Å². The second kappa shape index (κ2) is 26.6. The first kappa shape index (κ1) is 31.4. The number of rotatable bonds is 3. The summed E-state index contributed by atoms with van der Waals surface area (Å²) in [4.78, 5) is 28.0. The molecule has 0 bridgehead atoms. The third-order valence-corrected chi connectivity index (χ3v) is 0.684. The fourth-order valence-electron chi connectivity index (χ4n) is 0.200. The molecule has 11 heteroatoms. The van der Waals surface area contributed by atoms with Crippen molar-refractivity contribution in [3.8, 4) is 18.2 Å². The molecule has 104 valence electrons. The van der Waals surface area contributed by atoms with Gasteiger partial charge < -0.3 is 20.1 Å². The molecule has 2 N–H and O–H groups in total. The Morgan fingerprint density at radius 1 is 0.850 bits per heavy atom. The van der Waals surface area contributed by atoms with Crippen molar-refractivity contribution in [2.24, 2.45) is 0 Å². The van der Waals surface area contributed by atoms with Gasteiger partial charge >= 0.3 is 80.4 Å². The van der Waals surface area contributed by atoms with Crippen LogP contribution in [0.5, 0.6) is 0 Å². The van der Waals surface area contributed by atoms with Crippen LogP contribution in [0.25, 0.3) is 0 Å². The molecule has 0 amide bonds. The zero-order valence-corrected chi connectivity index (χ0v) is 15.7. The third kappa shape index (κ3) is 67.8. The normalized spacial score (nSPS) is 5.85. The summed E-state index contributed by atoms with van der Waals surface area (Å²) >= 11 is 0. The summed E-state index contributed by atoms with van der Waals surface area (Å²) in [5, 5.41) is 47.4. The summed E-state index contributed by atoms with van der Waals surface area (Å²) in [6.07, 6.45) is -1.32. The number of carboxylic acids is 3. The molecule has 0 saturated heterocycles. The van der Waals surface area contributed by atoms with Crippen LogP contribution in [-0.4, -0.2) is 45.2 Å². The maximum absolute atomic E-state index is 9.38. The van der Waals surface area contributed by atoms with Crippen molar-refractivity contribution in [3.05, 3.63) is 0 Å². The van der Waals surface area contributed by atoms with Crippen molar-refractivity contribution in [2.45, 2.75) is 19.3 Å². The number of carbonyl (C=O) groups excluding carboxylic acids is 1. The van der Waals surface area contributed by atoms with Gasteiger partial charge in [0.2, 0.25) is 0 Å². The summed E-state index contributed by atoms with van der Waals surface area (Å²) in [5.74, 6) is -3.47. The van der Waals surface area contributed by atoms with Crippen LogP contribution >= 0.6 is 0 Å². The molecule has 0 heterocycles. The number of nitrogens with zero attached hydrogens (tertiary/aromatic N) is 3. The van der Waals surface area contributed by atoms with Gasteiger partial charge in [-0.05, 0) is 0 Å². The molecule has 0 aromatic heterocycles. The Hall–Kier alpha value is -0.964. The number of carboxylic acid groups (broad SMARTS) is 3. The summed E-state index contributed by atoms with van der Waals surface area (Å²) in [5.41, 5.74) is 0. The molecule has 0 aliphatic carbocycles. The van der Waals surface area contributed by atoms with E-state index < -0.39 is 37.2 Å². The molecule has 0 rings (SSSR count). The molecule has 0 spiro atoms. The third-order valence-electron chi connectivity index (χ3n) is 0.684. The predicted molar refractivity (Wildman–Crippen MR) is 59.5 cm³/mol. The standard InChI is InChI=1S/3C3H3NO2.K.H2Se/c3*4-2-1-3(5)6;;/h3*1H2,(H,5,6);;1H2/q;;;+1;/p-1. The van der Waals surface area contributed by atoms with Crippen molar-refractivity contribution < 1.29 is 81.1 Å². The predicted octanol–water partition coefficient (Wildman–Crippen LogP) is -5.29. The van der Waals surface area contributed by atoms with Gasteiger partial charge in [0.05, 0.1) is 30.6 Å². The minimum atomic E-state index is -1.32. The second-order valence-corrected chi connectivity index (χ2v) is 2.16. The molecule has 0 fully saturated rings. The van der Waals surface area contributed by atoms with Crippen LogP contribution in [0.2, 0.25) is 0 Å². The van der Waals surface area contributed by atoms with Gasteiger partial charge in [0.15, 0.2) is 0 Å². The molecule has 0 unspecified atom stereocenters. The molecule has 9 nitrogen and oxygen atoms in total. The fourth-order valence-corrected chi connectivity index (χ4v) is 0.200. The zero-order chi connectivity index (χ0) is 15.0. The van der Waals surface area contributed by atoms with Gasteiger partial charge in [0, 0.05) is 0 Å². The molecule has 0 aromatic carbocycles. The van der Waals surface area contributed by atoms with E-state index in [1.807, 2.05) is 0 Å². The molecule has 0 radical (unpaired) electrons. The van der Waals surface area contributed by atoms with Gasteiger partial charge in [0.1, 0.15) is 12.8 Å². The van der Waals surface area contributed by atoms with E-state index in [-0.39, 0.29) is 68.5 Å². The molecule has 0 aliphatic heterocycles. The van der Waals surface area contributed by atoms with Crippen LogP contribution in [0.1, 0.15) is 19.3 Å². The van der Waals surface area contributed by atoms with Crippen LogP contribution in [-0.2, 0) is 14.4 Å². The quantitative estimate of drug-likeness (QED) is 0.455. The number of nitriles is 3. The first-order valence-corrected chi connectivity index (χ1v) is 4.06. The van der Waals surface area contributed by atoms with Crippen LogP contribution in [0.15, 0.2) is 0 Å². The van der Waals surface area contributed by atoms with Gasteiger partial charge in [-0.25, -0.2) is 0 Å². The summed E-state index contributed by atoms with van der Waals surface area (Å²) in [7, 11) is 0.